The van der Waals surface area contributed by atoms with Gasteiger partial charge in [-0.1, -0.05) is 0 Å². The minimum absolute atomic E-state index is 0.198. The maximum absolute atomic E-state index is 12.6. The maximum Gasteiger partial charge on any atom is 0.258 e. The fourth-order valence-electron chi connectivity index (χ4n) is 2.64. The van der Waals surface area contributed by atoms with Crippen molar-refractivity contribution in [2.24, 2.45) is 0 Å². The second kappa shape index (κ2) is 5.01. The third kappa shape index (κ3) is 2.38. The molecule has 3 rings (SSSR count). The summed E-state index contributed by atoms with van der Waals surface area (Å²) in [6.07, 6.45) is 1.76. The van der Waals surface area contributed by atoms with E-state index in [-0.39, 0.29) is 17.4 Å². The summed E-state index contributed by atoms with van der Waals surface area (Å²) >= 11 is 0. The number of aryl methyl sites for hydroxylation is 1. The molecule has 108 valence electrons. The van der Waals surface area contributed by atoms with Crippen molar-refractivity contribution >= 4 is 17.3 Å². The molecule has 0 atom stereocenters. The quantitative estimate of drug-likeness (QED) is 0.554. The molecule has 0 fully saturated rings. The lowest BCUT2D eigenvalue weighted by Gasteiger charge is -2.29. The van der Waals surface area contributed by atoms with Gasteiger partial charge in [0.15, 0.2) is 11.5 Å². The van der Waals surface area contributed by atoms with Gasteiger partial charge in [0.2, 0.25) is 0 Å². The van der Waals surface area contributed by atoms with E-state index in [4.69, 9.17) is 5.73 Å². The second-order valence-electron chi connectivity index (χ2n) is 5.15. The van der Waals surface area contributed by atoms with Gasteiger partial charge in [-0.3, -0.25) is 4.79 Å². The minimum Gasteiger partial charge on any atom is -0.504 e. The molecule has 0 aromatic heterocycles. The highest BCUT2D eigenvalue weighted by atomic mass is 16.3. The van der Waals surface area contributed by atoms with E-state index >= 15 is 0 Å². The van der Waals surface area contributed by atoms with Crippen LogP contribution in [0.15, 0.2) is 36.4 Å². The molecule has 2 aromatic carbocycles. The largest absolute Gasteiger partial charge is 0.504 e. The molecule has 0 saturated carbocycles. The van der Waals surface area contributed by atoms with Crippen molar-refractivity contribution in [3.8, 4) is 11.5 Å². The molecule has 2 aromatic rings. The van der Waals surface area contributed by atoms with Gasteiger partial charge in [-0.15, -0.1) is 0 Å². The lowest BCUT2D eigenvalue weighted by atomic mass is 10.00. The molecule has 5 heteroatoms. The van der Waals surface area contributed by atoms with Crippen LogP contribution in [0.1, 0.15) is 22.3 Å². The van der Waals surface area contributed by atoms with Crippen molar-refractivity contribution in [1.82, 2.24) is 0 Å². The summed E-state index contributed by atoms with van der Waals surface area (Å²) in [4.78, 5) is 14.3. The third-order valence-corrected chi connectivity index (χ3v) is 3.69. The van der Waals surface area contributed by atoms with Crippen molar-refractivity contribution in [3.05, 3.63) is 47.5 Å². The molecule has 1 heterocycles. The minimum atomic E-state index is -0.296. The Hall–Kier alpha value is -2.69. The summed E-state index contributed by atoms with van der Waals surface area (Å²) in [6.45, 7) is 0.622. The molecule has 5 nitrogen and oxygen atoms in total. The highest BCUT2D eigenvalue weighted by molar-refractivity contribution is 6.07. The molecule has 0 aliphatic carbocycles. The van der Waals surface area contributed by atoms with Crippen molar-refractivity contribution in [2.45, 2.75) is 12.8 Å². The first kappa shape index (κ1) is 13.3. The number of aromatic hydroxyl groups is 2. The average molecular weight is 284 g/mol. The number of phenolic OH excluding ortho intramolecular Hbond substituents is 2. The Labute approximate surface area is 122 Å². The summed E-state index contributed by atoms with van der Waals surface area (Å²) in [5, 5.41) is 18.9. The topological polar surface area (TPSA) is 86.8 Å². The van der Waals surface area contributed by atoms with E-state index in [1.165, 1.54) is 18.2 Å². The van der Waals surface area contributed by atoms with Crippen LogP contribution in [0.3, 0.4) is 0 Å². The number of nitrogens with zero attached hydrogens (tertiary/aromatic N) is 1. The van der Waals surface area contributed by atoms with Crippen molar-refractivity contribution in [3.63, 3.8) is 0 Å². The number of amides is 1. The van der Waals surface area contributed by atoms with Gasteiger partial charge in [0.05, 0.1) is 0 Å². The number of phenols is 2. The fraction of sp³-hybridized carbons (Fsp3) is 0.188. The predicted octanol–water partition coefficient (Wildman–Crippen LogP) is 2.27. The Morgan fingerprint density at radius 2 is 1.90 bits per heavy atom. The Morgan fingerprint density at radius 3 is 2.67 bits per heavy atom. The number of carbonyl (C=O) groups excluding carboxylic acids is 1. The van der Waals surface area contributed by atoms with Gasteiger partial charge >= 0.3 is 0 Å². The van der Waals surface area contributed by atoms with Crippen molar-refractivity contribution in [1.29, 1.82) is 0 Å². The fourth-order valence-corrected chi connectivity index (χ4v) is 2.64. The van der Waals surface area contributed by atoms with Crippen LogP contribution in [0.4, 0.5) is 11.4 Å². The van der Waals surface area contributed by atoms with Crippen LogP contribution in [0.25, 0.3) is 0 Å². The first-order valence-electron chi connectivity index (χ1n) is 6.78. The van der Waals surface area contributed by atoms with Gasteiger partial charge in [0.1, 0.15) is 0 Å². The second-order valence-corrected chi connectivity index (χ2v) is 5.15. The summed E-state index contributed by atoms with van der Waals surface area (Å²) in [7, 11) is 0. The number of nitrogen functional groups attached to an aromatic ring is 1. The number of hydrogen-bond donors (Lipinski definition) is 3. The van der Waals surface area contributed by atoms with E-state index in [0.29, 0.717) is 17.8 Å². The van der Waals surface area contributed by atoms with Crippen LogP contribution in [0.5, 0.6) is 11.5 Å². The SMILES string of the molecule is Nc1ccc2c(c1)CCCN2C(=O)c1ccc(O)c(O)c1. The lowest BCUT2D eigenvalue weighted by Crippen LogP contribution is -2.35. The molecule has 0 bridgehead atoms. The van der Waals surface area contributed by atoms with Crippen LogP contribution >= 0.6 is 0 Å². The van der Waals surface area contributed by atoms with Crippen molar-refractivity contribution in [2.75, 3.05) is 17.2 Å². The molecule has 4 N–H and O–H groups in total. The van der Waals surface area contributed by atoms with Gasteiger partial charge < -0.3 is 20.8 Å². The van der Waals surface area contributed by atoms with Crippen LogP contribution in [0.2, 0.25) is 0 Å². The summed E-state index contributed by atoms with van der Waals surface area (Å²) < 4.78 is 0. The van der Waals surface area contributed by atoms with Gasteiger partial charge in [0.25, 0.3) is 5.91 Å². The predicted molar refractivity (Wildman–Crippen MR) is 80.6 cm³/mol. The normalized spacial score (nSPS) is 13.8. The van der Waals surface area contributed by atoms with E-state index in [9.17, 15) is 15.0 Å². The first-order chi connectivity index (χ1) is 10.1. The zero-order chi connectivity index (χ0) is 15.0. The van der Waals surface area contributed by atoms with Crippen LogP contribution < -0.4 is 10.6 Å². The first-order valence-corrected chi connectivity index (χ1v) is 6.78. The number of benzene rings is 2. The third-order valence-electron chi connectivity index (χ3n) is 3.69. The standard InChI is InChI=1S/C16H16N2O3/c17-12-4-5-13-10(8-12)2-1-7-18(13)16(21)11-3-6-14(19)15(20)9-11/h3-6,8-9,19-20H,1-2,7,17H2. The van der Waals surface area contributed by atoms with E-state index < -0.39 is 0 Å². The van der Waals surface area contributed by atoms with Gasteiger partial charge in [-0.25, -0.2) is 0 Å². The average Bonchev–Trinajstić information content (AvgIpc) is 2.48. The van der Waals surface area contributed by atoms with Crippen molar-refractivity contribution < 1.29 is 15.0 Å². The maximum atomic E-state index is 12.6. The van der Waals surface area contributed by atoms with E-state index in [0.717, 1.165) is 24.1 Å². The number of nitrogens with two attached hydrogens (primary N) is 1. The Morgan fingerprint density at radius 1 is 1.10 bits per heavy atom. The number of hydrogen-bond acceptors (Lipinski definition) is 4. The number of fused-ring (bicyclic) bond motifs is 1. The molecule has 0 radical (unpaired) electrons. The number of anilines is 2. The highest BCUT2D eigenvalue weighted by Gasteiger charge is 2.24. The van der Waals surface area contributed by atoms with E-state index in [2.05, 4.69) is 0 Å². The molecule has 1 aliphatic rings. The Bertz CT molecular complexity index is 713. The van der Waals surface area contributed by atoms with Gasteiger partial charge in [-0.05, 0) is 54.8 Å². The zero-order valence-electron chi connectivity index (χ0n) is 11.4. The Balaban J connectivity index is 1.98. The monoisotopic (exact) mass is 284 g/mol. The van der Waals surface area contributed by atoms with Crippen LogP contribution in [-0.2, 0) is 6.42 Å². The highest BCUT2D eigenvalue weighted by Crippen LogP contribution is 2.31. The van der Waals surface area contributed by atoms with Crippen LogP contribution in [-0.4, -0.2) is 22.7 Å². The lowest BCUT2D eigenvalue weighted by molar-refractivity contribution is 0.0984. The molecular weight excluding hydrogens is 268 g/mol. The van der Waals surface area contributed by atoms with Gasteiger partial charge in [-0.2, -0.15) is 0 Å². The smallest absolute Gasteiger partial charge is 0.258 e. The molecule has 0 saturated heterocycles. The number of carbonyl (C=O) groups is 1. The molecule has 21 heavy (non-hydrogen) atoms. The van der Waals surface area contributed by atoms with E-state index in [1.54, 1.807) is 11.0 Å². The molecule has 1 amide bonds. The zero-order valence-corrected chi connectivity index (χ0v) is 11.4. The molecular formula is C16H16N2O3. The number of rotatable bonds is 1. The summed E-state index contributed by atoms with van der Waals surface area (Å²) in [6, 6.07) is 9.62. The van der Waals surface area contributed by atoms with E-state index in [1.807, 2.05) is 12.1 Å². The van der Waals surface area contributed by atoms with Gasteiger partial charge in [0, 0.05) is 23.5 Å². The molecule has 0 unspecified atom stereocenters. The summed E-state index contributed by atoms with van der Waals surface area (Å²) in [5.74, 6) is -0.732. The Kier molecular flexibility index (Phi) is 3.17. The molecule has 0 spiro atoms. The van der Waals surface area contributed by atoms with Crippen LogP contribution in [0, 0.1) is 0 Å². The summed E-state index contributed by atoms with van der Waals surface area (Å²) in [5.41, 5.74) is 8.72. The molecule has 1 aliphatic heterocycles.